The van der Waals surface area contributed by atoms with E-state index in [0.29, 0.717) is 34.4 Å². The summed E-state index contributed by atoms with van der Waals surface area (Å²) in [4.78, 5) is 28.8. The van der Waals surface area contributed by atoms with Gasteiger partial charge in [0.05, 0.1) is 11.8 Å². The third-order valence-corrected chi connectivity index (χ3v) is 8.97. The summed E-state index contributed by atoms with van der Waals surface area (Å²) in [6.45, 7) is 6.14. The predicted molar refractivity (Wildman–Crippen MR) is 149 cm³/mol. The van der Waals surface area contributed by atoms with Crippen molar-refractivity contribution in [2.45, 2.75) is 108 Å². The lowest BCUT2D eigenvalue weighted by Gasteiger charge is -2.41. The lowest BCUT2D eigenvalue weighted by atomic mass is 9.88. The molecule has 1 heterocycles. The SMILES string of the molecule is Cc1ccc(C(=O)N[C@H](c2nnc(SCC(=O)N(C3CCCCC3)C3CCCCC3)n2C)C(C)C)cc1. The molecule has 37 heavy (non-hydrogen) atoms. The monoisotopic (exact) mass is 525 g/mol. The summed E-state index contributed by atoms with van der Waals surface area (Å²) in [6, 6.07) is 8.07. The molecule has 1 N–H and O–H groups in total. The molecule has 1 aromatic heterocycles. The second-order valence-electron chi connectivity index (χ2n) is 11.1. The molecule has 2 amide bonds. The number of carbonyl (C=O) groups is 2. The lowest BCUT2D eigenvalue weighted by molar-refractivity contribution is -0.135. The maximum Gasteiger partial charge on any atom is 0.251 e. The quantitative estimate of drug-likeness (QED) is 0.416. The molecule has 2 aromatic rings. The number of benzene rings is 1. The summed E-state index contributed by atoms with van der Waals surface area (Å²) in [5.74, 6) is 1.33. The highest BCUT2D eigenvalue weighted by molar-refractivity contribution is 7.99. The number of hydrogen-bond acceptors (Lipinski definition) is 5. The van der Waals surface area contributed by atoms with Crippen LogP contribution in [0.2, 0.25) is 0 Å². The minimum absolute atomic E-state index is 0.123. The Hall–Kier alpha value is -2.35. The van der Waals surface area contributed by atoms with Gasteiger partial charge in [-0.3, -0.25) is 9.59 Å². The average molecular weight is 526 g/mol. The van der Waals surface area contributed by atoms with E-state index >= 15 is 0 Å². The standard InChI is InChI=1S/C29H43N5O2S/c1-20(2)26(30-28(36)22-17-15-21(3)16-18-22)27-31-32-29(33(27)4)37-19-25(35)34(23-11-7-5-8-12-23)24-13-9-6-10-14-24/h15-18,20,23-24,26H,5-14,19H2,1-4H3,(H,30,36)/t26-/m0/s1. The van der Waals surface area contributed by atoms with Crippen molar-refractivity contribution < 1.29 is 9.59 Å². The first-order valence-corrected chi connectivity index (χ1v) is 15.0. The highest BCUT2D eigenvalue weighted by atomic mass is 32.2. The fourth-order valence-corrected chi connectivity index (χ4v) is 6.59. The Morgan fingerprint density at radius 1 is 0.973 bits per heavy atom. The minimum Gasteiger partial charge on any atom is -0.342 e. The van der Waals surface area contributed by atoms with E-state index in [0.717, 1.165) is 31.2 Å². The topological polar surface area (TPSA) is 80.1 Å². The molecule has 0 bridgehead atoms. The maximum absolute atomic E-state index is 13.6. The first-order chi connectivity index (χ1) is 17.8. The number of aromatic nitrogens is 3. The van der Waals surface area contributed by atoms with Gasteiger partial charge in [-0.05, 0) is 50.7 Å². The third kappa shape index (κ3) is 6.95. The van der Waals surface area contributed by atoms with Gasteiger partial charge in [-0.15, -0.1) is 10.2 Å². The molecule has 0 saturated heterocycles. The fraction of sp³-hybridized carbons (Fsp3) is 0.655. The van der Waals surface area contributed by atoms with Gasteiger partial charge in [0.1, 0.15) is 0 Å². The molecule has 1 aromatic carbocycles. The van der Waals surface area contributed by atoms with Gasteiger partial charge in [-0.1, -0.05) is 81.8 Å². The van der Waals surface area contributed by atoms with Crippen LogP contribution in [-0.2, 0) is 11.8 Å². The van der Waals surface area contributed by atoms with Gasteiger partial charge in [0.2, 0.25) is 5.91 Å². The highest BCUT2D eigenvalue weighted by Gasteiger charge is 2.33. The first-order valence-electron chi connectivity index (χ1n) is 14.1. The van der Waals surface area contributed by atoms with Gasteiger partial charge < -0.3 is 14.8 Å². The smallest absolute Gasteiger partial charge is 0.251 e. The van der Waals surface area contributed by atoms with Crippen molar-refractivity contribution in [3.63, 3.8) is 0 Å². The zero-order valence-corrected chi connectivity index (χ0v) is 23.7. The summed E-state index contributed by atoms with van der Waals surface area (Å²) >= 11 is 1.46. The molecule has 1 atom stereocenters. The molecule has 4 rings (SSSR count). The molecular weight excluding hydrogens is 482 g/mol. The molecule has 2 fully saturated rings. The number of aryl methyl sites for hydroxylation is 1. The van der Waals surface area contributed by atoms with Crippen molar-refractivity contribution in [3.8, 4) is 0 Å². The van der Waals surface area contributed by atoms with Crippen LogP contribution in [0, 0.1) is 12.8 Å². The van der Waals surface area contributed by atoms with Crippen LogP contribution >= 0.6 is 11.8 Å². The Labute approximate surface area is 226 Å². The Bertz CT molecular complexity index is 1020. The van der Waals surface area contributed by atoms with Crippen LogP contribution in [0.15, 0.2) is 29.4 Å². The summed E-state index contributed by atoms with van der Waals surface area (Å²) in [5.41, 5.74) is 1.75. The van der Waals surface area contributed by atoms with Gasteiger partial charge in [0.15, 0.2) is 11.0 Å². The zero-order chi connectivity index (χ0) is 26.4. The number of carbonyl (C=O) groups excluding carboxylic acids is 2. The van der Waals surface area contributed by atoms with Crippen molar-refractivity contribution in [2.24, 2.45) is 13.0 Å². The van der Waals surface area contributed by atoms with Crippen molar-refractivity contribution >= 4 is 23.6 Å². The van der Waals surface area contributed by atoms with E-state index in [1.54, 1.807) is 0 Å². The van der Waals surface area contributed by atoms with Crippen LogP contribution in [0.25, 0.3) is 0 Å². The minimum atomic E-state index is -0.280. The van der Waals surface area contributed by atoms with Gasteiger partial charge in [0, 0.05) is 24.7 Å². The van der Waals surface area contributed by atoms with Crippen LogP contribution in [0.5, 0.6) is 0 Å². The zero-order valence-electron chi connectivity index (χ0n) is 22.9. The van der Waals surface area contributed by atoms with Crippen LogP contribution in [0.3, 0.4) is 0 Å². The summed E-state index contributed by atoms with van der Waals surface area (Å²) in [5, 5.41) is 12.7. The first kappa shape index (κ1) is 27.7. The third-order valence-electron chi connectivity index (χ3n) is 7.96. The van der Waals surface area contributed by atoms with Crippen LogP contribution in [0.1, 0.15) is 106 Å². The lowest BCUT2D eigenvalue weighted by Crippen LogP contribution is -2.49. The highest BCUT2D eigenvalue weighted by Crippen LogP contribution is 2.32. The van der Waals surface area contributed by atoms with Crippen molar-refractivity contribution in [1.29, 1.82) is 0 Å². The van der Waals surface area contributed by atoms with Crippen molar-refractivity contribution in [3.05, 3.63) is 41.2 Å². The number of nitrogens with one attached hydrogen (secondary N) is 1. The Morgan fingerprint density at radius 2 is 1.54 bits per heavy atom. The molecule has 0 radical (unpaired) electrons. The van der Waals surface area contributed by atoms with Crippen molar-refractivity contribution in [1.82, 2.24) is 25.0 Å². The largest absolute Gasteiger partial charge is 0.342 e. The number of rotatable bonds is 9. The number of amides is 2. The van der Waals surface area contributed by atoms with Crippen LogP contribution in [-0.4, -0.2) is 49.3 Å². The molecule has 0 aliphatic heterocycles. The normalized spacial score (nSPS) is 18.1. The Kier molecular flexibility index (Phi) is 9.68. The van der Waals surface area contributed by atoms with E-state index in [-0.39, 0.29) is 23.8 Å². The van der Waals surface area contributed by atoms with E-state index < -0.39 is 0 Å². The summed E-state index contributed by atoms with van der Waals surface area (Å²) in [6.07, 6.45) is 12.0. The predicted octanol–water partition coefficient (Wildman–Crippen LogP) is 5.84. The molecular formula is C29H43N5O2S. The number of thioether (sulfide) groups is 1. The van der Waals surface area contributed by atoms with E-state index in [9.17, 15) is 9.59 Å². The second kappa shape index (κ2) is 12.9. The fourth-order valence-electron chi connectivity index (χ4n) is 5.81. The molecule has 0 spiro atoms. The summed E-state index contributed by atoms with van der Waals surface area (Å²) < 4.78 is 1.93. The molecule has 2 aliphatic rings. The van der Waals surface area contributed by atoms with E-state index in [1.165, 1.54) is 50.3 Å². The van der Waals surface area contributed by atoms with Crippen LogP contribution in [0.4, 0.5) is 0 Å². The summed E-state index contributed by atoms with van der Waals surface area (Å²) in [7, 11) is 1.93. The Balaban J connectivity index is 1.43. The van der Waals surface area contributed by atoms with E-state index in [2.05, 4.69) is 34.3 Å². The molecule has 202 valence electrons. The molecule has 2 aliphatic carbocycles. The maximum atomic E-state index is 13.6. The number of hydrogen-bond donors (Lipinski definition) is 1. The molecule has 7 nitrogen and oxygen atoms in total. The van der Waals surface area contributed by atoms with Gasteiger partial charge in [0.25, 0.3) is 5.91 Å². The van der Waals surface area contributed by atoms with Crippen LogP contribution < -0.4 is 5.32 Å². The Morgan fingerprint density at radius 3 is 2.08 bits per heavy atom. The van der Waals surface area contributed by atoms with Crippen molar-refractivity contribution in [2.75, 3.05) is 5.75 Å². The van der Waals surface area contributed by atoms with Gasteiger partial charge in [-0.2, -0.15) is 0 Å². The average Bonchev–Trinajstić information content (AvgIpc) is 3.27. The van der Waals surface area contributed by atoms with Gasteiger partial charge >= 0.3 is 0 Å². The van der Waals surface area contributed by atoms with E-state index in [1.807, 2.05) is 42.8 Å². The number of nitrogens with zero attached hydrogens (tertiary/aromatic N) is 4. The molecule has 8 heteroatoms. The van der Waals surface area contributed by atoms with Gasteiger partial charge in [-0.25, -0.2) is 0 Å². The molecule has 0 unspecified atom stereocenters. The second-order valence-corrected chi connectivity index (χ2v) is 12.1. The van der Waals surface area contributed by atoms with E-state index in [4.69, 9.17) is 0 Å². The molecule has 2 saturated carbocycles.